The highest BCUT2D eigenvalue weighted by Gasteiger charge is 2.21. The summed E-state index contributed by atoms with van der Waals surface area (Å²) < 4.78 is 0. The van der Waals surface area contributed by atoms with E-state index in [1.165, 1.54) is 0 Å². The lowest BCUT2D eigenvalue weighted by Gasteiger charge is -2.11. The van der Waals surface area contributed by atoms with Crippen molar-refractivity contribution in [3.05, 3.63) is 0 Å². The number of rotatable bonds is 8. The van der Waals surface area contributed by atoms with Gasteiger partial charge in [-0.05, 0) is 48.6 Å². The molecule has 4 nitrogen and oxygen atoms in total. The molecule has 0 bridgehead atoms. The largest absolute Gasteiger partial charge is 0.321 e. The molecule has 0 radical (unpaired) electrons. The first-order chi connectivity index (χ1) is 8.02. The van der Waals surface area contributed by atoms with Gasteiger partial charge >= 0.3 is 0 Å². The molecule has 17 heavy (non-hydrogen) atoms. The first-order valence-electron chi connectivity index (χ1n) is 5.27. The minimum atomic E-state index is -0.566. The van der Waals surface area contributed by atoms with Crippen LogP contribution in [0.5, 0.6) is 0 Å². The van der Waals surface area contributed by atoms with Gasteiger partial charge in [-0.2, -0.15) is 23.5 Å². The zero-order valence-corrected chi connectivity index (χ0v) is 12.6. The van der Waals surface area contributed by atoms with Crippen molar-refractivity contribution in [1.82, 2.24) is 0 Å². The van der Waals surface area contributed by atoms with Crippen LogP contribution in [0, 0.1) is 0 Å². The molecule has 0 aromatic rings. The van der Waals surface area contributed by atoms with E-state index in [1.54, 1.807) is 23.5 Å². The van der Waals surface area contributed by atoms with Gasteiger partial charge in [-0.1, -0.05) is 0 Å². The second-order valence-corrected chi connectivity index (χ2v) is 6.50. The Balaban J connectivity index is 3.97. The summed E-state index contributed by atoms with van der Waals surface area (Å²) in [5.41, 5.74) is 11.3. The van der Waals surface area contributed by atoms with Crippen LogP contribution in [0.1, 0.15) is 12.8 Å². The molecule has 0 spiro atoms. The molecule has 100 valence electrons. The van der Waals surface area contributed by atoms with Crippen molar-refractivity contribution in [3.63, 3.8) is 0 Å². The monoisotopic (exact) mass is 296 g/mol. The van der Waals surface area contributed by atoms with Crippen molar-refractivity contribution in [1.29, 1.82) is 0 Å². The maximum atomic E-state index is 11.6. The Morgan fingerprint density at radius 2 is 1.29 bits per heavy atom. The molecule has 2 atom stereocenters. The molecular formula is C10H20N2O2S3. The molecule has 0 unspecified atom stereocenters. The van der Waals surface area contributed by atoms with Crippen LogP contribution in [-0.4, -0.2) is 46.3 Å². The summed E-state index contributed by atoms with van der Waals surface area (Å²) in [6, 6.07) is -1.13. The molecule has 0 aromatic heterocycles. The number of thioether (sulfide) groups is 3. The minimum Gasteiger partial charge on any atom is -0.321 e. The first-order valence-corrected chi connectivity index (χ1v) is 8.88. The topological polar surface area (TPSA) is 86.2 Å². The Labute approximate surface area is 115 Å². The molecular weight excluding hydrogens is 276 g/mol. The van der Waals surface area contributed by atoms with Crippen molar-refractivity contribution in [2.75, 3.05) is 24.0 Å². The molecule has 0 rings (SSSR count). The average molecular weight is 296 g/mol. The lowest BCUT2D eigenvalue weighted by Crippen LogP contribution is -2.34. The van der Waals surface area contributed by atoms with Crippen molar-refractivity contribution < 1.29 is 9.59 Å². The quantitative estimate of drug-likeness (QED) is 0.689. The summed E-state index contributed by atoms with van der Waals surface area (Å²) in [6.45, 7) is 0. The molecule has 0 saturated carbocycles. The van der Waals surface area contributed by atoms with Crippen molar-refractivity contribution in [2.45, 2.75) is 24.9 Å². The zero-order valence-electron chi connectivity index (χ0n) is 10.2. The van der Waals surface area contributed by atoms with E-state index in [0.717, 1.165) is 11.5 Å². The fraction of sp³-hybridized carbons (Fsp3) is 0.800. The number of hydrogen-bond acceptors (Lipinski definition) is 7. The highest BCUT2D eigenvalue weighted by molar-refractivity contribution is 8.26. The summed E-state index contributed by atoms with van der Waals surface area (Å²) in [5, 5.41) is -0.549. The van der Waals surface area contributed by atoms with Crippen LogP contribution in [0.2, 0.25) is 0 Å². The Morgan fingerprint density at radius 1 is 0.941 bits per heavy atom. The van der Waals surface area contributed by atoms with Gasteiger partial charge in [0.1, 0.15) is 0 Å². The number of nitrogens with two attached hydrogens (primary N) is 2. The lowest BCUT2D eigenvalue weighted by atomic mass is 10.3. The van der Waals surface area contributed by atoms with Gasteiger partial charge in [0.2, 0.25) is 10.2 Å². The van der Waals surface area contributed by atoms with E-state index < -0.39 is 12.1 Å². The Bertz CT molecular complexity index is 228. The number of carbonyl (C=O) groups is 2. The third-order valence-electron chi connectivity index (χ3n) is 2.07. The third-order valence-corrected chi connectivity index (χ3v) is 4.37. The van der Waals surface area contributed by atoms with Crippen molar-refractivity contribution >= 4 is 45.5 Å². The Kier molecular flexibility index (Phi) is 10.4. The minimum absolute atomic E-state index is 0.274. The van der Waals surface area contributed by atoms with Gasteiger partial charge in [0.25, 0.3) is 0 Å². The van der Waals surface area contributed by atoms with Crippen LogP contribution in [0.4, 0.5) is 0 Å². The molecule has 0 aromatic carbocycles. The second-order valence-electron chi connectivity index (χ2n) is 3.52. The second kappa shape index (κ2) is 10.3. The Morgan fingerprint density at radius 3 is 1.59 bits per heavy atom. The van der Waals surface area contributed by atoms with Crippen LogP contribution < -0.4 is 11.5 Å². The van der Waals surface area contributed by atoms with Crippen molar-refractivity contribution in [3.8, 4) is 0 Å². The smallest absolute Gasteiger partial charge is 0.213 e. The van der Waals surface area contributed by atoms with Crippen LogP contribution in [0.3, 0.4) is 0 Å². The average Bonchev–Trinajstić information content (AvgIpc) is 2.32. The fourth-order valence-electron chi connectivity index (χ4n) is 0.976. The van der Waals surface area contributed by atoms with Gasteiger partial charge < -0.3 is 11.5 Å². The Hall–Kier alpha value is 0.310. The molecule has 0 heterocycles. The summed E-state index contributed by atoms with van der Waals surface area (Å²) in [6.07, 6.45) is 5.10. The third kappa shape index (κ3) is 8.10. The normalized spacial score (nSPS) is 14.4. The van der Waals surface area contributed by atoms with E-state index in [1.807, 2.05) is 12.5 Å². The molecule has 0 saturated heterocycles. The standard InChI is InChI=1S/C10H20N2O2S3/c1-15-5-3-7(11)9(13)17-10(14)8(12)4-6-16-2/h7-8H,3-6,11-12H2,1-2H3/t7-,8-/m0/s1. The van der Waals surface area contributed by atoms with E-state index in [-0.39, 0.29) is 10.2 Å². The van der Waals surface area contributed by atoms with E-state index in [2.05, 4.69) is 0 Å². The highest BCUT2D eigenvalue weighted by atomic mass is 32.2. The van der Waals surface area contributed by atoms with Gasteiger partial charge in [-0.15, -0.1) is 0 Å². The molecule has 4 N–H and O–H groups in total. The van der Waals surface area contributed by atoms with E-state index in [0.29, 0.717) is 24.6 Å². The van der Waals surface area contributed by atoms with Gasteiger partial charge in [0, 0.05) is 0 Å². The first kappa shape index (κ1) is 17.3. The summed E-state index contributed by atoms with van der Waals surface area (Å²) in [7, 11) is 0. The van der Waals surface area contributed by atoms with E-state index in [9.17, 15) is 9.59 Å². The summed E-state index contributed by atoms with van der Waals surface area (Å²) in [4.78, 5) is 23.2. The molecule has 0 amide bonds. The predicted octanol–water partition coefficient (Wildman–Crippen LogP) is 0.934. The summed E-state index contributed by atoms with van der Waals surface area (Å²) in [5.74, 6) is 1.64. The fourth-order valence-corrected chi connectivity index (χ4v) is 2.69. The van der Waals surface area contributed by atoms with E-state index in [4.69, 9.17) is 11.5 Å². The maximum Gasteiger partial charge on any atom is 0.213 e. The number of hydrogen-bond donors (Lipinski definition) is 2. The van der Waals surface area contributed by atoms with Gasteiger partial charge in [-0.3, -0.25) is 9.59 Å². The van der Waals surface area contributed by atoms with Gasteiger partial charge in [0.15, 0.2) is 0 Å². The SMILES string of the molecule is CSCC[C@H](N)C(=O)SC(=O)[C@@H](N)CCSC. The van der Waals surface area contributed by atoms with Gasteiger partial charge in [-0.25, -0.2) is 0 Å². The molecule has 7 heteroatoms. The van der Waals surface area contributed by atoms with Crippen molar-refractivity contribution in [2.24, 2.45) is 11.5 Å². The maximum absolute atomic E-state index is 11.6. The van der Waals surface area contributed by atoms with Gasteiger partial charge in [0.05, 0.1) is 12.1 Å². The van der Waals surface area contributed by atoms with Crippen LogP contribution in [0.25, 0.3) is 0 Å². The zero-order chi connectivity index (χ0) is 13.3. The molecule has 0 aliphatic heterocycles. The molecule has 0 aliphatic carbocycles. The van der Waals surface area contributed by atoms with Crippen LogP contribution in [-0.2, 0) is 9.59 Å². The lowest BCUT2D eigenvalue weighted by molar-refractivity contribution is -0.114. The van der Waals surface area contributed by atoms with E-state index >= 15 is 0 Å². The molecule has 0 aliphatic rings. The number of carbonyl (C=O) groups excluding carboxylic acids is 2. The highest BCUT2D eigenvalue weighted by Crippen LogP contribution is 2.13. The van der Waals surface area contributed by atoms with Crippen LogP contribution in [0.15, 0.2) is 0 Å². The summed E-state index contributed by atoms with van der Waals surface area (Å²) >= 11 is 3.93. The molecule has 0 fully saturated rings. The predicted molar refractivity (Wildman–Crippen MR) is 79.6 cm³/mol. The van der Waals surface area contributed by atoms with Crippen LogP contribution >= 0.6 is 35.3 Å².